The third-order valence-electron chi connectivity index (χ3n) is 3.21. The first-order valence-electron chi connectivity index (χ1n) is 6.58. The van der Waals surface area contributed by atoms with Crippen molar-refractivity contribution in [3.05, 3.63) is 64.1 Å². The first-order valence-corrected chi connectivity index (χ1v) is 8.36. The Labute approximate surface area is 133 Å². The third kappa shape index (κ3) is 4.63. The maximum Gasteiger partial charge on any atom is 0.0345 e. The van der Waals surface area contributed by atoms with Gasteiger partial charge in [-0.3, -0.25) is 11.3 Å². The number of rotatable bonds is 6. The van der Waals surface area contributed by atoms with Crippen LogP contribution in [0, 0.1) is 6.92 Å². The lowest BCUT2D eigenvalue weighted by molar-refractivity contribution is 0.574. The molecule has 0 aliphatic heterocycles. The molecule has 2 aromatic carbocycles. The SMILES string of the molecule is Cc1ccccc1CC(CSc1cccc(Br)c1)NN. The van der Waals surface area contributed by atoms with Crippen LogP contribution in [-0.2, 0) is 6.42 Å². The van der Waals surface area contributed by atoms with E-state index in [-0.39, 0.29) is 6.04 Å². The molecule has 0 saturated carbocycles. The first kappa shape index (κ1) is 15.6. The zero-order valence-corrected chi connectivity index (χ0v) is 13.9. The Bertz CT molecular complexity index is 560. The van der Waals surface area contributed by atoms with Crippen LogP contribution in [-0.4, -0.2) is 11.8 Å². The molecule has 3 N–H and O–H groups in total. The summed E-state index contributed by atoms with van der Waals surface area (Å²) in [6, 6.07) is 17.1. The topological polar surface area (TPSA) is 38.0 Å². The van der Waals surface area contributed by atoms with Crippen LogP contribution >= 0.6 is 27.7 Å². The smallest absolute Gasteiger partial charge is 0.0345 e. The summed E-state index contributed by atoms with van der Waals surface area (Å²) in [5.74, 6) is 6.64. The van der Waals surface area contributed by atoms with E-state index in [1.165, 1.54) is 16.0 Å². The molecular weight excluding hydrogens is 332 g/mol. The van der Waals surface area contributed by atoms with Gasteiger partial charge in [0.25, 0.3) is 0 Å². The Morgan fingerprint density at radius 2 is 2.00 bits per heavy atom. The quantitative estimate of drug-likeness (QED) is 0.471. The van der Waals surface area contributed by atoms with E-state index in [1.54, 1.807) is 0 Å². The van der Waals surface area contributed by atoms with Crippen LogP contribution in [0.3, 0.4) is 0 Å². The normalized spacial score (nSPS) is 12.3. The fraction of sp³-hybridized carbons (Fsp3) is 0.250. The average molecular weight is 351 g/mol. The summed E-state index contributed by atoms with van der Waals surface area (Å²) < 4.78 is 1.11. The number of aryl methyl sites for hydroxylation is 1. The highest BCUT2D eigenvalue weighted by Crippen LogP contribution is 2.23. The molecule has 0 aliphatic carbocycles. The summed E-state index contributed by atoms with van der Waals surface area (Å²) in [5.41, 5.74) is 5.60. The van der Waals surface area contributed by atoms with E-state index in [9.17, 15) is 0 Å². The van der Waals surface area contributed by atoms with Gasteiger partial charge in [-0.1, -0.05) is 46.3 Å². The molecule has 0 radical (unpaired) electrons. The molecular formula is C16H19BrN2S. The number of nitrogens with two attached hydrogens (primary N) is 1. The molecule has 1 atom stereocenters. The number of halogens is 1. The summed E-state index contributed by atoms with van der Waals surface area (Å²) in [4.78, 5) is 1.25. The van der Waals surface area contributed by atoms with Crippen LogP contribution in [0.15, 0.2) is 57.9 Å². The van der Waals surface area contributed by atoms with Crippen LogP contribution in [0.2, 0.25) is 0 Å². The monoisotopic (exact) mass is 350 g/mol. The molecule has 0 aromatic heterocycles. The van der Waals surface area contributed by atoms with Crippen molar-refractivity contribution in [1.82, 2.24) is 5.43 Å². The molecule has 1 unspecified atom stereocenters. The molecule has 0 fully saturated rings. The zero-order valence-electron chi connectivity index (χ0n) is 11.5. The minimum absolute atomic E-state index is 0.264. The number of hydrogen-bond donors (Lipinski definition) is 2. The number of thioether (sulfide) groups is 1. The van der Waals surface area contributed by atoms with E-state index in [0.29, 0.717) is 0 Å². The molecule has 0 spiro atoms. The Balaban J connectivity index is 1.94. The summed E-state index contributed by atoms with van der Waals surface area (Å²) >= 11 is 5.32. The van der Waals surface area contributed by atoms with Gasteiger partial charge in [-0.05, 0) is 42.7 Å². The molecule has 2 nitrogen and oxygen atoms in total. The third-order valence-corrected chi connectivity index (χ3v) is 4.86. The van der Waals surface area contributed by atoms with Crippen LogP contribution < -0.4 is 11.3 Å². The Morgan fingerprint density at radius 3 is 2.70 bits per heavy atom. The van der Waals surface area contributed by atoms with E-state index in [4.69, 9.17) is 5.84 Å². The Hall–Kier alpha value is -0.810. The van der Waals surface area contributed by atoms with Crippen molar-refractivity contribution in [1.29, 1.82) is 0 Å². The van der Waals surface area contributed by atoms with E-state index in [1.807, 2.05) is 17.8 Å². The van der Waals surface area contributed by atoms with Gasteiger partial charge in [0.05, 0.1) is 0 Å². The summed E-state index contributed by atoms with van der Waals surface area (Å²) in [6.07, 6.45) is 0.949. The summed E-state index contributed by atoms with van der Waals surface area (Å²) in [6.45, 7) is 2.14. The molecule has 0 heterocycles. The van der Waals surface area contributed by atoms with Crippen molar-refractivity contribution in [3.63, 3.8) is 0 Å². The second-order valence-electron chi connectivity index (χ2n) is 4.76. The minimum Gasteiger partial charge on any atom is -0.271 e. The van der Waals surface area contributed by atoms with Gasteiger partial charge in [0, 0.05) is 21.2 Å². The molecule has 0 saturated heterocycles. The van der Waals surface area contributed by atoms with Crippen molar-refractivity contribution >= 4 is 27.7 Å². The van der Waals surface area contributed by atoms with Crippen LogP contribution in [0.4, 0.5) is 0 Å². The van der Waals surface area contributed by atoms with Gasteiger partial charge in [0.15, 0.2) is 0 Å². The minimum atomic E-state index is 0.264. The number of benzene rings is 2. The number of hydrogen-bond acceptors (Lipinski definition) is 3. The van der Waals surface area contributed by atoms with Crippen LogP contribution in [0.1, 0.15) is 11.1 Å². The highest BCUT2D eigenvalue weighted by molar-refractivity contribution is 9.10. The van der Waals surface area contributed by atoms with Gasteiger partial charge in [0.1, 0.15) is 0 Å². The number of hydrazine groups is 1. The van der Waals surface area contributed by atoms with Crippen molar-refractivity contribution in [2.75, 3.05) is 5.75 Å². The number of nitrogens with one attached hydrogen (secondary N) is 1. The lowest BCUT2D eigenvalue weighted by atomic mass is 10.0. The molecule has 0 amide bonds. The Morgan fingerprint density at radius 1 is 1.20 bits per heavy atom. The molecule has 2 rings (SSSR count). The largest absolute Gasteiger partial charge is 0.271 e. The van der Waals surface area contributed by atoms with Gasteiger partial charge in [-0.25, -0.2) is 0 Å². The first-order chi connectivity index (χ1) is 9.69. The zero-order chi connectivity index (χ0) is 14.4. The summed E-state index contributed by atoms with van der Waals surface area (Å²) in [7, 11) is 0. The Kier molecular flexibility index (Phi) is 6.10. The molecule has 20 heavy (non-hydrogen) atoms. The van der Waals surface area contributed by atoms with E-state index in [0.717, 1.165) is 16.6 Å². The van der Waals surface area contributed by atoms with E-state index in [2.05, 4.69) is 70.7 Å². The lowest BCUT2D eigenvalue weighted by Crippen LogP contribution is -2.38. The predicted octanol–water partition coefficient (Wildman–Crippen LogP) is 3.92. The van der Waals surface area contributed by atoms with E-state index < -0.39 is 0 Å². The fourth-order valence-electron chi connectivity index (χ4n) is 2.02. The lowest BCUT2D eigenvalue weighted by Gasteiger charge is -2.17. The van der Waals surface area contributed by atoms with Crippen molar-refractivity contribution < 1.29 is 0 Å². The summed E-state index contributed by atoms with van der Waals surface area (Å²) in [5, 5.41) is 0. The highest BCUT2D eigenvalue weighted by Gasteiger charge is 2.10. The van der Waals surface area contributed by atoms with Crippen LogP contribution in [0.25, 0.3) is 0 Å². The van der Waals surface area contributed by atoms with Gasteiger partial charge in [-0.15, -0.1) is 11.8 Å². The maximum atomic E-state index is 5.69. The van der Waals surface area contributed by atoms with Crippen molar-refractivity contribution in [3.8, 4) is 0 Å². The molecule has 106 valence electrons. The van der Waals surface area contributed by atoms with Gasteiger partial charge >= 0.3 is 0 Å². The fourth-order valence-corrected chi connectivity index (χ4v) is 3.57. The second-order valence-corrected chi connectivity index (χ2v) is 6.77. The van der Waals surface area contributed by atoms with Gasteiger partial charge in [0.2, 0.25) is 0 Å². The molecule has 4 heteroatoms. The molecule has 2 aromatic rings. The van der Waals surface area contributed by atoms with Gasteiger partial charge < -0.3 is 0 Å². The maximum absolute atomic E-state index is 5.69. The molecule has 0 aliphatic rings. The van der Waals surface area contributed by atoms with Crippen LogP contribution in [0.5, 0.6) is 0 Å². The van der Waals surface area contributed by atoms with Crippen molar-refractivity contribution in [2.45, 2.75) is 24.3 Å². The van der Waals surface area contributed by atoms with Gasteiger partial charge in [-0.2, -0.15) is 0 Å². The second kappa shape index (κ2) is 7.84. The highest BCUT2D eigenvalue weighted by atomic mass is 79.9. The molecule has 0 bridgehead atoms. The standard InChI is InChI=1S/C16H19BrN2S/c1-12-5-2-3-6-13(12)9-15(19-18)11-20-16-8-4-7-14(17)10-16/h2-8,10,15,19H,9,11,18H2,1H3. The predicted molar refractivity (Wildman–Crippen MR) is 90.9 cm³/mol. The average Bonchev–Trinajstić information content (AvgIpc) is 2.45. The van der Waals surface area contributed by atoms with Crippen molar-refractivity contribution in [2.24, 2.45) is 5.84 Å². The van der Waals surface area contributed by atoms with E-state index >= 15 is 0 Å².